The maximum absolute atomic E-state index is 7.31. The smallest absolute Gasteiger partial charge is 0.136 e. The van der Waals surface area contributed by atoms with E-state index in [1.165, 1.54) is 0 Å². The molecule has 8 aromatic carbocycles. The molecule has 0 unspecified atom stereocenters. The van der Waals surface area contributed by atoms with Gasteiger partial charge in [-0.15, -0.1) is 43.7 Å². The van der Waals surface area contributed by atoms with Crippen LogP contribution in [0.2, 0.25) is 0 Å². The highest BCUT2D eigenvalue weighted by atomic mass is 16.3. The van der Waals surface area contributed by atoms with Crippen LogP contribution in [0.1, 0.15) is 0 Å². The van der Waals surface area contributed by atoms with Gasteiger partial charge < -0.3 is 4.42 Å². The van der Waals surface area contributed by atoms with Gasteiger partial charge in [-0.3, -0.25) is 0 Å². The molecule has 1 nitrogen and oxygen atoms in total. The lowest BCUT2D eigenvalue weighted by Gasteiger charge is -2.32. The molecule has 34 radical (unpaired) electrons. The second-order valence-electron chi connectivity index (χ2n) is 14.4. The Hall–Kier alpha value is -4.30. The molecule has 0 fully saturated rings. The van der Waals surface area contributed by atoms with E-state index in [1.807, 2.05) is 42.5 Å². The van der Waals surface area contributed by atoms with Crippen LogP contribution in [0, 0.1) is 0 Å². The average Bonchev–Trinajstić information content (AvgIpc) is 3.60. The fourth-order valence-electron chi connectivity index (χ4n) is 8.68. The Morgan fingerprint density at radius 1 is 0.241 bits per heavy atom. The zero-order valence-electron chi connectivity index (χ0n) is 30.8. The molecule has 0 bridgehead atoms. The molecule has 18 heteroatoms. The summed E-state index contributed by atoms with van der Waals surface area (Å²) in [7, 11) is 116. The van der Waals surface area contributed by atoms with Crippen molar-refractivity contribution in [1.82, 2.24) is 0 Å². The zero-order valence-corrected chi connectivity index (χ0v) is 30.8. The molecule has 0 spiro atoms. The topological polar surface area (TPSA) is 13.1 Å². The normalized spacial score (nSPS) is 11.9. The minimum Gasteiger partial charge on any atom is -0.456 e. The minimum absolute atomic E-state index is 0.00637. The zero-order chi connectivity index (χ0) is 41.7. The Labute approximate surface area is 358 Å². The van der Waals surface area contributed by atoms with Gasteiger partial charge in [0.25, 0.3) is 0 Å². The Balaban J connectivity index is 1.71. The van der Waals surface area contributed by atoms with E-state index in [2.05, 4.69) is 0 Å². The Bertz CT molecular complexity index is 3340. The Morgan fingerprint density at radius 3 is 1.05 bits per heavy atom. The first-order valence-corrected chi connectivity index (χ1v) is 17.6. The largest absolute Gasteiger partial charge is 0.456 e. The number of rotatable bonds is 2. The van der Waals surface area contributed by atoms with E-state index in [0.29, 0.717) is 38.5 Å². The lowest BCUT2D eigenvalue weighted by Crippen LogP contribution is -2.52. The number of fused-ring (bicyclic) bond motifs is 8. The van der Waals surface area contributed by atoms with Crippen LogP contribution in [-0.4, -0.2) is 133 Å². The van der Waals surface area contributed by atoms with Gasteiger partial charge in [0.2, 0.25) is 0 Å². The van der Waals surface area contributed by atoms with Crippen LogP contribution in [0.5, 0.6) is 0 Å². The van der Waals surface area contributed by atoms with Crippen LogP contribution in [0.3, 0.4) is 0 Å². The van der Waals surface area contributed by atoms with Gasteiger partial charge in [0, 0.05) is 10.8 Å². The molecule has 0 saturated carbocycles. The van der Waals surface area contributed by atoms with Gasteiger partial charge in [0.1, 0.15) is 145 Å². The molecule has 9 rings (SSSR count). The summed E-state index contributed by atoms with van der Waals surface area (Å²) in [5, 5.41) is 3.29. The molecular weight excluding hydrogens is 680 g/mol. The Kier molecular flexibility index (Phi) is 9.02. The van der Waals surface area contributed by atoms with Crippen molar-refractivity contribution < 1.29 is 4.42 Å². The highest BCUT2D eigenvalue weighted by Crippen LogP contribution is 2.45. The number of para-hydroxylation sites is 1. The molecule has 0 aliphatic carbocycles. The highest BCUT2D eigenvalue weighted by molar-refractivity contribution is 6.76. The molecule has 0 N–H and O–H groups in total. The van der Waals surface area contributed by atoms with Crippen molar-refractivity contribution in [2.45, 2.75) is 0 Å². The van der Waals surface area contributed by atoms with Crippen molar-refractivity contribution in [3.8, 4) is 22.3 Å². The van der Waals surface area contributed by atoms with E-state index in [-0.39, 0.29) is 136 Å². The summed E-state index contributed by atoms with van der Waals surface area (Å²) >= 11 is 0. The van der Waals surface area contributed by atoms with Gasteiger partial charge in [0.05, 0.1) is 0 Å². The second kappa shape index (κ2) is 13.4. The standard InChI is InChI=1S/C40H7B17O/c41-24-17(20-21(30(47)38(55)37(54)29(20)46)22-23(24)32(49)40(57)39(56)31(22)48)14-18-15(25(42)33(50)35(52)27(18)44)13(16-19(14)28(45)36(53)34(51)26(16)43)9-5-3-7-11-12(9)8-4-1-2-6-10(8)58-11/h1-7H. The van der Waals surface area contributed by atoms with Gasteiger partial charge in [-0.1, -0.05) is 79.5 Å². The predicted molar refractivity (Wildman–Crippen MR) is 266 cm³/mol. The third-order valence-corrected chi connectivity index (χ3v) is 11.6. The predicted octanol–water partition coefficient (Wildman–Crippen LogP) is -8.97. The van der Waals surface area contributed by atoms with Crippen LogP contribution in [0.25, 0.3) is 87.3 Å². The molecule has 58 heavy (non-hydrogen) atoms. The van der Waals surface area contributed by atoms with E-state index < -0.39 is 0 Å². The van der Waals surface area contributed by atoms with Crippen LogP contribution < -0.4 is 92.9 Å². The minimum atomic E-state index is -0.0591. The van der Waals surface area contributed by atoms with Crippen LogP contribution >= 0.6 is 0 Å². The summed E-state index contributed by atoms with van der Waals surface area (Å²) in [4.78, 5) is 0. The van der Waals surface area contributed by atoms with Gasteiger partial charge in [-0.2, -0.15) is 0 Å². The van der Waals surface area contributed by atoms with Crippen LogP contribution in [0.4, 0.5) is 0 Å². The monoisotopic (exact) mass is 690 g/mol. The number of hydrogen-bond acceptors (Lipinski definition) is 1. The highest BCUT2D eigenvalue weighted by Gasteiger charge is 2.30. The summed E-state index contributed by atoms with van der Waals surface area (Å²) in [6, 6.07) is 13.1. The van der Waals surface area contributed by atoms with E-state index in [4.69, 9.17) is 138 Å². The maximum Gasteiger partial charge on any atom is 0.136 e. The molecular formula is C40H7B17O. The number of benzene rings is 8. The van der Waals surface area contributed by atoms with Crippen molar-refractivity contribution in [1.29, 1.82) is 0 Å². The van der Waals surface area contributed by atoms with Crippen LogP contribution in [-0.2, 0) is 0 Å². The summed E-state index contributed by atoms with van der Waals surface area (Å²) in [6.45, 7) is 0. The molecule has 0 aliphatic rings. The van der Waals surface area contributed by atoms with Crippen molar-refractivity contribution in [2.75, 3.05) is 0 Å². The summed E-state index contributed by atoms with van der Waals surface area (Å²) in [5.41, 5.74) is 2.27. The van der Waals surface area contributed by atoms with Crippen molar-refractivity contribution in [2.24, 2.45) is 0 Å². The fraction of sp³-hybridized carbons (Fsp3) is 0. The molecule has 0 aliphatic heterocycles. The third kappa shape index (κ3) is 4.90. The van der Waals surface area contributed by atoms with E-state index >= 15 is 0 Å². The summed E-state index contributed by atoms with van der Waals surface area (Å²) in [5.74, 6) is 0. The van der Waals surface area contributed by atoms with Gasteiger partial charge in [-0.05, 0) is 77.5 Å². The Morgan fingerprint density at radius 2 is 0.586 bits per heavy atom. The summed E-state index contributed by atoms with van der Waals surface area (Å²) < 4.78 is 6.31. The number of hydrogen-bond donors (Lipinski definition) is 0. The first-order valence-electron chi connectivity index (χ1n) is 17.6. The van der Waals surface area contributed by atoms with Gasteiger partial charge in [0.15, 0.2) is 0 Å². The third-order valence-electron chi connectivity index (χ3n) is 11.6. The van der Waals surface area contributed by atoms with Crippen LogP contribution in [0.15, 0.2) is 46.9 Å². The maximum atomic E-state index is 7.31. The van der Waals surface area contributed by atoms with Crippen molar-refractivity contribution in [3.63, 3.8) is 0 Å². The molecule has 1 aromatic heterocycles. The molecule has 1 heterocycles. The molecule has 0 saturated heterocycles. The quantitative estimate of drug-likeness (QED) is 0.100. The number of furan rings is 1. The van der Waals surface area contributed by atoms with Crippen molar-refractivity contribution >= 4 is 291 Å². The molecule has 0 amide bonds. The lowest BCUT2D eigenvalue weighted by molar-refractivity contribution is 0.669. The lowest BCUT2D eigenvalue weighted by atomic mass is 9.56. The fourth-order valence-corrected chi connectivity index (χ4v) is 8.68. The molecule has 0 atom stereocenters. The average molecular weight is 687 g/mol. The summed E-state index contributed by atoms with van der Waals surface area (Å²) in [6.07, 6.45) is 0. The van der Waals surface area contributed by atoms with E-state index in [0.717, 1.165) is 5.39 Å². The molecule has 9 aromatic rings. The van der Waals surface area contributed by atoms with Gasteiger partial charge >= 0.3 is 0 Å². The molecule has 224 valence electrons. The first kappa shape index (κ1) is 39.2. The SMILES string of the molecule is [B]c1c([B])c([B])c2c(-c3cccc4oc5ccccc5c34)c3c([B])c([B])c([B])c([B])c3c(-c3c([B])c4c([B])c([B])c([B])c([B])c4c4c([B])c([B])c([B])c([B])c34)c2c1[B]. The van der Waals surface area contributed by atoms with E-state index in [9.17, 15) is 0 Å². The van der Waals surface area contributed by atoms with Crippen molar-refractivity contribution in [3.05, 3.63) is 42.5 Å². The van der Waals surface area contributed by atoms with E-state index in [1.54, 1.807) is 0 Å². The first-order chi connectivity index (χ1) is 27.4. The second-order valence-corrected chi connectivity index (χ2v) is 14.4. The van der Waals surface area contributed by atoms with Gasteiger partial charge in [-0.25, -0.2) is 0 Å².